The Bertz CT molecular complexity index is 975. The van der Waals surface area contributed by atoms with Crippen LogP contribution in [-0.2, 0) is 17.8 Å². The van der Waals surface area contributed by atoms with Crippen molar-refractivity contribution in [3.8, 4) is 11.5 Å². The first-order valence-electron chi connectivity index (χ1n) is 9.36. The van der Waals surface area contributed by atoms with Gasteiger partial charge in [-0.25, -0.2) is 0 Å². The van der Waals surface area contributed by atoms with E-state index in [1.165, 1.54) is 5.52 Å². The highest BCUT2D eigenvalue weighted by Crippen LogP contribution is 2.31. The van der Waals surface area contributed by atoms with E-state index in [9.17, 15) is 4.79 Å². The zero-order valence-electron chi connectivity index (χ0n) is 15.7. The third-order valence-electron chi connectivity index (χ3n) is 4.59. The number of hydrogen-bond acceptors (Lipinski definition) is 3. The van der Waals surface area contributed by atoms with Crippen LogP contribution >= 0.6 is 0 Å². The number of rotatable bonds is 5. The third kappa shape index (κ3) is 3.92. The van der Waals surface area contributed by atoms with Gasteiger partial charge in [-0.15, -0.1) is 0 Å². The summed E-state index contributed by atoms with van der Waals surface area (Å²) in [6.45, 7) is 6.50. The third-order valence-corrected chi connectivity index (χ3v) is 4.59. The Labute approximate surface area is 158 Å². The normalized spacial score (nSPS) is 13.1. The highest BCUT2D eigenvalue weighted by Gasteiger charge is 2.13. The van der Waals surface area contributed by atoms with Crippen LogP contribution in [0, 0.1) is 5.92 Å². The van der Waals surface area contributed by atoms with E-state index in [0.717, 1.165) is 28.9 Å². The molecule has 0 spiro atoms. The van der Waals surface area contributed by atoms with E-state index in [0.29, 0.717) is 31.3 Å². The first kappa shape index (κ1) is 17.5. The lowest BCUT2D eigenvalue weighted by atomic mass is 10.1. The van der Waals surface area contributed by atoms with E-state index in [2.05, 4.69) is 42.1 Å². The minimum absolute atomic E-state index is 0.0485. The number of carbonyl (C=O) groups excluding carboxylic acids is 1. The van der Waals surface area contributed by atoms with Gasteiger partial charge < -0.3 is 19.4 Å². The van der Waals surface area contributed by atoms with Gasteiger partial charge >= 0.3 is 0 Å². The molecule has 27 heavy (non-hydrogen) atoms. The second-order valence-electron chi connectivity index (χ2n) is 7.34. The van der Waals surface area contributed by atoms with E-state index in [-0.39, 0.29) is 5.91 Å². The molecule has 0 saturated carbocycles. The van der Waals surface area contributed by atoms with Gasteiger partial charge in [-0.3, -0.25) is 4.79 Å². The van der Waals surface area contributed by atoms with E-state index in [4.69, 9.17) is 9.47 Å². The number of benzene rings is 2. The quantitative estimate of drug-likeness (QED) is 0.736. The number of ether oxygens (including phenoxy) is 2. The molecule has 0 radical (unpaired) electrons. The van der Waals surface area contributed by atoms with Gasteiger partial charge in [0.1, 0.15) is 13.2 Å². The lowest BCUT2D eigenvalue weighted by Crippen LogP contribution is -2.17. The van der Waals surface area contributed by atoms with Crippen LogP contribution in [0.1, 0.15) is 19.4 Å². The predicted octanol–water partition coefficient (Wildman–Crippen LogP) is 4.25. The Morgan fingerprint density at radius 3 is 2.70 bits per heavy atom. The van der Waals surface area contributed by atoms with Crippen LogP contribution in [0.4, 0.5) is 5.69 Å². The Balaban J connectivity index is 1.45. The molecule has 1 aromatic heterocycles. The SMILES string of the molecule is CC(C)Cn1ccc2cc(NC(=O)Cc3ccc4c(c3)OCCO4)ccc21. The van der Waals surface area contributed by atoms with Crippen LogP contribution < -0.4 is 14.8 Å². The van der Waals surface area contributed by atoms with Gasteiger partial charge in [-0.05, 0) is 47.9 Å². The number of hydrogen-bond donors (Lipinski definition) is 1. The molecule has 5 nitrogen and oxygen atoms in total. The molecule has 2 heterocycles. The van der Waals surface area contributed by atoms with Crippen molar-refractivity contribution in [2.24, 2.45) is 5.92 Å². The topological polar surface area (TPSA) is 52.5 Å². The van der Waals surface area contributed by atoms with Crippen LogP contribution in [0.2, 0.25) is 0 Å². The van der Waals surface area contributed by atoms with Crippen molar-refractivity contribution in [3.05, 3.63) is 54.2 Å². The van der Waals surface area contributed by atoms with Crippen molar-refractivity contribution in [3.63, 3.8) is 0 Å². The number of amides is 1. The summed E-state index contributed by atoms with van der Waals surface area (Å²) in [6, 6.07) is 13.8. The average Bonchev–Trinajstić information content (AvgIpc) is 3.03. The summed E-state index contributed by atoms with van der Waals surface area (Å²) >= 11 is 0. The summed E-state index contributed by atoms with van der Waals surface area (Å²) in [7, 11) is 0. The Morgan fingerprint density at radius 1 is 1.07 bits per heavy atom. The van der Waals surface area contributed by atoms with Crippen LogP contribution in [0.5, 0.6) is 11.5 Å². The van der Waals surface area contributed by atoms with Gasteiger partial charge in [0.25, 0.3) is 0 Å². The monoisotopic (exact) mass is 364 g/mol. The predicted molar refractivity (Wildman–Crippen MR) is 107 cm³/mol. The van der Waals surface area contributed by atoms with Crippen molar-refractivity contribution < 1.29 is 14.3 Å². The van der Waals surface area contributed by atoms with E-state index >= 15 is 0 Å². The lowest BCUT2D eigenvalue weighted by Gasteiger charge is -2.18. The zero-order chi connectivity index (χ0) is 18.8. The van der Waals surface area contributed by atoms with Gasteiger partial charge in [0.2, 0.25) is 5.91 Å². The van der Waals surface area contributed by atoms with Crippen molar-refractivity contribution in [1.29, 1.82) is 0 Å². The van der Waals surface area contributed by atoms with Crippen LogP contribution in [0.15, 0.2) is 48.7 Å². The zero-order valence-corrected chi connectivity index (χ0v) is 15.7. The van der Waals surface area contributed by atoms with E-state index < -0.39 is 0 Å². The molecule has 2 aromatic carbocycles. The molecule has 0 fully saturated rings. The number of anilines is 1. The summed E-state index contributed by atoms with van der Waals surface area (Å²) in [5, 5.41) is 4.12. The largest absolute Gasteiger partial charge is 0.486 e. The molecule has 0 atom stereocenters. The summed E-state index contributed by atoms with van der Waals surface area (Å²) in [4.78, 5) is 12.4. The van der Waals surface area contributed by atoms with Gasteiger partial charge in [0, 0.05) is 29.3 Å². The second kappa shape index (κ2) is 7.35. The molecule has 1 N–H and O–H groups in total. The highest BCUT2D eigenvalue weighted by molar-refractivity contribution is 5.95. The molecule has 5 heteroatoms. The maximum absolute atomic E-state index is 12.4. The highest BCUT2D eigenvalue weighted by atomic mass is 16.6. The maximum Gasteiger partial charge on any atom is 0.228 e. The van der Waals surface area contributed by atoms with E-state index in [1.807, 2.05) is 30.3 Å². The Hall–Kier alpha value is -2.95. The molecular formula is C22H24N2O3. The lowest BCUT2D eigenvalue weighted by molar-refractivity contribution is -0.115. The first-order chi connectivity index (χ1) is 13.1. The molecule has 0 saturated heterocycles. The minimum atomic E-state index is -0.0485. The molecule has 1 amide bonds. The van der Waals surface area contributed by atoms with E-state index in [1.54, 1.807) is 0 Å². The molecular weight excluding hydrogens is 340 g/mol. The van der Waals surface area contributed by atoms with Gasteiger partial charge in [0.15, 0.2) is 11.5 Å². The summed E-state index contributed by atoms with van der Waals surface area (Å²) in [5.41, 5.74) is 2.90. The van der Waals surface area contributed by atoms with Crippen molar-refractivity contribution >= 4 is 22.5 Å². The number of aromatic nitrogens is 1. The molecule has 4 rings (SSSR count). The number of fused-ring (bicyclic) bond motifs is 2. The summed E-state index contributed by atoms with van der Waals surface area (Å²) < 4.78 is 13.4. The summed E-state index contributed by atoms with van der Waals surface area (Å²) in [5.74, 6) is 1.99. The van der Waals surface area contributed by atoms with Crippen molar-refractivity contribution in [2.75, 3.05) is 18.5 Å². The van der Waals surface area contributed by atoms with Crippen molar-refractivity contribution in [1.82, 2.24) is 4.57 Å². The molecule has 140 valence electrons. The molecule has 1 aliphatic heterocycles. The van der Waals surface area contributed by atoms with Gasteiger partial charge in [-0.1, -0.05) is 19.9 Å². The Morgan fingerprint density at radius 2 is 1.89 bits per heavy atom. The molecule has 3 aromatic rings. The molecule has 0 bridgehead atoms. The number of nitrogens with one attached hydrogen (secondary N) is 1. The maximum atomic E-state index is 12.4. The smallest absolute Gasteiger partial charge is 0.228 e. The molecule has 1 aliphatic rings. The molecule has 0 unspecified atom stereocenters. The number of nitrogens with zero attached hydrogens (tertiary/aromatic N) is 1. The average molecular weight is 364 g/mol. The fraction of sp³-hybridized carbons (Fsp3) is 0.318. The van der Waals surface area contributed by atoms with Gasteiger partial charge in [0.05, 0.1) is 6.42 Å². The van der Waals surface area contributed by atoms with Crippen LogP contribution in [-0.4, -0.2) is 23.7 Å². The molecule has 0 aliphatic carbocycles. The fourth-order valence-electron chi connectivity index (χ4n) is 3.42. The van der Waals surface area contributed by atoms with Crippen LogP contribution in [0.25, 0.3) is 10.9 Å². The first-order valence-corrected chi connectivity index (χ1v) is 9.36. The number of carbonyl (C=O) groups is 1. The van der Waals surface area contributed by atoms with Gasteiger partial charge in [-0.2, -0.15) is 0 Å². The summed E-state index contributed by atoms with van der Waals surface area (Å²) in [6.07, 6.45) is 2.40. The fourth-order valence-corrected chi connectivity index (χ4v) is 3.42. The Kier molecular flexibility index (Phi) is 4.75. The van der Waals surface area contributed by atoms with Crippen LogP contribution in [0.3, 0.4) is 0 Å². The second-order valence-corrected chi connectivity index (χ2v) is 7.34. The standard InChI is InChI=1S/C22H24N2O3/c1-15(2)14-24-8-7-17-13-18(4-5-19(17)24)23-22(25)12-16-3-6-20-21(11-16)27-10-9-26-20/h3-8,11,13,15H,9-10,12,14H2,1-2H3,(H,23,25). The van der Waals surface area contributed by atoms with Crippen molar-refractivity contribution in [2.45, 2.75) is 26.8 Å². The minimum Gasteiger partial charge on any atom is -0.486 e.